The number of anilines is 1. The van der Waals surface area contributed by atoms with Gasteiger partial charge in [0, 0.05) is 18.0 Å². The fraction of sp³-hybridized carbons (Fsp3) is 0.750. The summed E-state index contributed by atoms with van der Waals surface area (Å²) in [4.78, 5) is 19.0. The molecule has 1 aromatic rings. The Balaban J connectivity index is 2.41. The molecule has 1 aromatic heterocycles. The topological polar surface area (TPSA) is 53.4 Å². The molecule has 0 aromatic carbocycles. The maximum absolute atomic E-state index is 11.5. The predicted molar refractivity (Wildman–Crippen MR) is 87.7 cm³/mol. The molecule has 1 aliphatic rings. The van der Waals surface area contributed by atoms with Gasteiger partial charge in [-0.15, -0.1) is 0 Å². The smallest absolute Gasteiger partial charge is 0.347 e. The summed E-state index contributed by atoms with van der Waals surface area (Å²) in [6, 6.07) is 0.494. The number of thiazole rings is 1. The lowest BCUT2D eigenvalue weighted by molar-refractivity contribution is 0.0699. The van der Waals surface area contributed by atoms with Gasteiger partial charge in [-0.05, 0) is 19.3 Å². The van der Waals surface area contributed by atoms with E-state index in [0.717, 1.165) is 18.1 Å². The van der Waals surface area contributed by atoms with E-state index in [2.05, 4.69) is 11.8 Å². The van der Waals surface area contributed by atoms with Crippen molar-refractivity contribution in [2.24, 2.45) is 0 Å². The molecule has 0 radical (unpaired) electrons. The minimum atomic E-state index is -0.855. The molecule has 1 N–H and O–H groups in total. The van der Waals surface area contributed by atoms with Crippen LogP contribution in [0.25, 0.3) is 0 Å². The third-order valence-electron chi connectivity index (χ3n) is 4.11. The van der Waals surface area contributed by atoms with Gasteiger partial charge in [-0.1, -0.05) is 51.9 Å². The van der Waals surface area contributed by atoms with Crippen molar-refractivity contribution in [2.45, 2.75) is 71.3 Å². The third kappa shape index (κ3) is 3.57. The van der Waals surface area contributed by atoms with Crippen LogP contribution in [0.3, 0.4) is 0 Å². The summed E-state index contributed by atoms with van der Waals surface area (Å²) < 4.78 is 0. The standard InChI is InChI=1S/C16H26N2O2S/c1-5-11-9-7-6-8-10-18(11)15-17-13(16(2,3)4)12(21-15)14(19)20/h11H,5-10H2,1-4H3,(H,19,20). The second-order valence-corrected chi connectivity index (χ2v) is 7.81. The molecule has 1 unspecified atom stereocenters. The van der Waals surface area contributed by atoms with Crippen molar-refractivity contribution >= 4 is 22.4 Å². The Labute approximate surface area is 131 Å². The Morgan fingerprint density at radius 1 is 1.38 bits per heavy atom. The molecule has 0 aliphatic carbocycles. The van der Waals surface area contributed by atoms with Gasteiger partial charge in [0.05, 0.1) is 5.69 Å². The van der Waals surface area contributed by atoms with E-state index >= 15 is 0 Å². The van der Waals surface area contributed by atoms with E-state index in [9.17, 15) is 9.90 Å². The van der Waals surface area contributed by atoms with Gasteiger partial charge >= 0.3 is 5.97 Å². The van der Waals surface area contributed by atoms with Crippen LogP contribution in [0.4, 0.5) is 5.13 Å². The quantitative estimate of drug-likeness (QED) is 0.904. The van der Waals surface area contributed by atoms with Gasteiger partial charge in [-0.25, -0.2) is 9.78 Å². The summed E-state index contributed by atoms with van der Waals surface area (Å²) in [6.45, 7) is 9.28. The molecule has 1 saturated heterocycles. The summed E-state index contributed by atoms with van der Waals surface area (Å²) >= 11 is 1.34. The first-order valence-electron chi connectivity index (χ1n) is 7.85. The average molecular weight is 310 g/mol. The molecule has 0 saturated carbocycles. The highest BCUT2D eigenvalue weighted by Gasteiger charge is 2.30. The summed E-state index contributed by atoms with van der Waals surface area (Å²) in [5.41, 5.74) is 0.477. The summed E-state index contributed by atoms with van der Waals surface area (Å²) in [5, 5.41) is 10.4. The highest BCUT2D eigenvalue weighted by Crippen LogP contribution is 2.36. The van der Waals surface area contributed by atoms with Gasteiger partial charge in [-0.3, -0.25) is 0 Å². The zero-order chi connectivity index (χ0) is 15.6. The number of carboxylic acid groups (broad SMARTS) is 1. The van der Waals surface area contributed by atoms with Crippen molar-refractivity contribution in [2.75, 3.05) is 11.4 Å². The second kappa shape index (κ2) is 6.34. The van der Waals surface area contributed by atoms with E-state index in [-0.39, 0.29) is 5.41 Å². The van der Waals surface area contributed by atoms with Crippen LogP contribution in [0.5, 0.6) is 0 Å². The van der Waals surface area contributed by atoms with Crippen LogP contribution in [0.2, 0.25) is 0 Å². The van der Waals surface area contributed by atoms with Gasteiger partial charge in [0.1, 0.15) is 4.88 Å². The van der Waals surface area contributed by atoms with Crippen molar-refractivity contribution < 1.29 is 9.90 Å². The largest absolute Gasteiger partial charge is 0.477 e. The Morgan fingerprint density at radius 2 is 2.10 bits per heavy atom. The number of rotatable bonds is 3. The first-order valence-corrected chi connectivity index (χ1v) is 8.67. The second-order valence-electron chi connectivity index (χ2n) is 6.83. The number of hydrogen-bond donors (Lipinski definition) is 1. The highest BCUT2D eigenvalue weighted by atomic mass is 32.1. The monoisotopic (exact) mass is 310 g/mol. The SMILES string of the molecule is CCC1CCCCCN1c1nc(C(C)(C)C)c(C(=O)O)s1. The molecule has 5 heteroatoms. The van der Waals surface area contributed by atoms with Crippen LogP contribution in [0.1, 0.15) is 75.2 Å². The lowest BCUT2D eigenvalue weighted by Gasteiger charge is -2.29. The summed E-state index contributed by atoms with van der Waals surface area (Å²) in [7, 11) is 0. The van der Waals surface area contributed by atoms with Crippen LogP contribution >= 0.6 is 11.3 Å². The van der Waals surface area contributed by atoms with E-state index in [1.807, 2.05) is 20.8 Å². The van der Waals surface area contributed by atoms with E-state index in [4.69, 9.17) is 4.98 Å². The van der Waals surface area contributed by atoms with Crippen LogP contribution in [0, 0.1) is 0 Å². The number of nitrogens with zero attached hydrogens (tertiary/aromatic N) is 2. The molecule has 0 bridgehead atoms. The Bertz CT molecular complexity index is 505. The van der Waals surface area contributed by atoms with Crippen LogP contribution in [-0.2, 0) is 5.41 Å². The van der Waals surface area contributed by atoms with Crippen molar-refractivity contribution in [1.29, 1.82) is 0 Å². The molecule has 2 rings (SSSR count). The molecule has 118 valence electrons. The molecular weight excluding hydrogens is 284 g/mol. The van der Waals surface area contributed by atoms with Gasteiger partial charge in [0.15, 0.2) is 5.13 Å². The Kier molecular flexibility index (Phi) is 4.91. The molecule has 1 fully saturated rings. The van der Waals surface area contributed by atoms with E-state index in [1.54, 1.807) is 0 Å². The first kappa shape index (κ1) is 16.3. The Morgan fingerprint density at radius 3 is 2.62 bits per heavy atom. The fourth-order valence-electron chi connectivity index (χ4n) is 2.94. The number of aromatic nitrogens is 1. The number of carboxylic acids is 1. The summed E-state index contributed by atoms with van der Waals surface area (Å²) in [6.07, 6.45) is 5.97. The maximum Gasteiger partial charge on any atom is 0.347 e. The molecule has 0 spiro atoms. The first-order chi connectivity index (χ1) is 9.84. The normalized spacial score (nSPS) is 20.4. The third-order valence-corrected chi connectivity index (χ3v) is 5.20. The molecule has 2 heterocycles. The molecular formula is C16H26N2O2S. The lowest BCUT2D eigenvalue weighted by atomic mass is 9.91. The lowest BCUT2D eigenvalue weighted by Crippen LogP contribution is -2.34. The van der Waals surface area contributed by atoms with Gasteiger partial charge in [0.25, 0.3) is 0 Å². The van der Waals surface area contributed by atoms with E-state index in [1.165, 1.54) is 37.0 Å². The van der Waals surface area contributed by atoms with Gasteiger partial charge in [-0.2, -0.15) is 0 Å². The van der Waals surface area contributed by atoms with Crippen LogP contribution in [0.15, 0.2) is 0 Å². The molecule has 4 nitrogen and oxygen atoms in total. The Hall–Kier alpha value is -1.10. The maximum atomic E-state index is 11.5. The zero-order valence-electron chi connectivity index (χ0n) is 13.5. The zero-order valence-corrected chi connectivity index (χ0v) is 14.3. The van der Waals surface area contributed by atoms with E-state index in [0.29, 0.717) is 16.6 Å². The number of aromatic carboxylic acids is 1. The van der Waals surface area contributed by atoms with Crippen molar-refractivity contribution in [3.63, 3.8) is 0 Å². The van der Waals surface area contributed by atoms with Crippen molar-refractivity contribution in [3.05, 3.63) is 10.6 Å². The fourth-order valence-corrected chi connectivity index (χ4v) is 4.15. The van der Waals surface area contributed by atoms with Crippen LogP contribution in [-0.4, -0.2) is 28.6 Å². The van der Waals surface area contributed by atoms with Crippen molar-refractivity contribution in [1.82, 2.24) is 4.98 Å². The predicted octanol–water partition coefficient (Wildman–Crippen LogP) is 4.30. The molecule has 1 aliphatic heterocycles. The van der Waals surface area contributed by atoms with E-state index < -0.39 is 5.97 Å². The number of carbonyl (C=O) groups is 1. The minimum Gasteiger partial charge on any atom is -0.477 e. The molecule has 0 amide bonds. The average Bonchev–Trinajstić information content (AvgIpc) is 2.72. The van der Waals surface area contributed by atoms with Gasteiger partial charge in [0.2, 0.25) is 0 Å². The van der Waals surface area contributed by atoms with Crippen LogP contribution < -0.4 is 4.90 Å². The summed E-state index contributed by atoms with van der Waals surface area (Å²) in [5.74, 6) is -0.855. The number of hydrogen-bond acceptors (Lipinski definition) is 4. The van der Waals surface area contributed by atoms with Gasteiger partial charge < -0.3 is 10.0 Å². The molecule has 1 atom stereocenters. The molecule has 21 heavy (non-hydrogen) atoms. The highest BCUT2D eigenvalue weighted by molar-refractivity contribution is 7.17. The van der Waals surface area contributed by atoms with Crippen molar-refractivity contribution in [3.8, 4) is 0 Å². The minimum absolute atomic E-state index is 0.240.